The molecule has 28 heavy (non-hydrogen) atoms. The normalized spacial score (nSPS) is 16.4. The van der Waals surface area contributed by atoms with Crippen molar-refractivity contribution in [2.45, 2.75) is 38.8 Å². The van der Waals surface area contributed by atoms with Crippen LogP contribution in [0.2, 0.25) is 0 Å². The molecule has 0 aliphatic carbocycles. The summed E-state index contributed by atoms with van der Waals surface area (Å²) in [4.78, 5) is 27.0. The number of aryl methyl sites for hydroxylation is 1. The molecule has 3 rings (SSSR count). The smallest absolute Gasteiger partial charge is 0.251 e. The first-order chi connectivity index (χ1) is 13.5. The Bertz CT molecular complexity index is 847. The van der Waals surface area contributed by atoms with Gasteiger partial charge in [0.2, 0.25) is 5.91 Å². The number of para-hydroxylation sites is 1. The highest BCUT2D eigenvalue weighted by molar-refractivity contribution is 5.96. The second kappa shape index (κ2) is 8.97. The minimum atomic E-state index is -0.444. The molecule has 1 saturated heterocycles. The number of carbonyl (C=O) groups excluding carboxylic acids is 2. The number of nitrogens with one attached hydrogen (secondary N) is 2. The molecule has 0 saturated carbocycles. The number of amides is 2. The number of likely N-dealkylation sites (tertiary alicyclic amines) is 1. The third kappa shape index (κ3) is 4.75. The minimum absolute atomic E-state index is 0.0538. The van der Waals surface area contributed by atoms with Crippen LogP contribution in [-0.4, -0.2) is 41.9 Å². The zero-order chi connectivity index (χ0) is 20.1. The molecule has 0 radical (unpaired) electrons. The molecule has 6 heteroatoms. The number of benzene rings is 2. The predicted octanol–water partition coefficient (Wildman–Crippen LogP) is 3.36. The number of anilines is 1. The predicted molar refractivity (Wildman–Crippen MR) is 108 cm³/mol. The van der Waals surface area contributed by atoms with E-state index in [1.807, 2.05) is 38.1 Å². The SMILES string of the molecule is Cc1ccccc1C(=O)NC1CCN(C(C)C(=O)Nc2ccccc2F)CC1. The standard InChI is InChI=1S/C22H26FN3O2/c1-15-7-3-4-8-18(15)22(28)24-17-11-13-26(14-12-17)16(2)21(27)25-20-10-6-5-9-19(20)23/h3-10,16-17H,11-14H2,1-2H3,(H,24,28)(H,25,27). The third-order valence-electron chi connectivity index (χ3n) is 5.31. The van der Waals surface area contributed by atoms with Crippen LogP contribution in [0, 0.1) is 12.7 Å². The average Bonchev–Trinajstić information content (AvgIpc) is 2.70. The van der Waals surface area contributed by atoms with E-state index in [1.54, 1.807) is 18.2 Å². The highest BCUT2D eigenvalue weighted by Gasteiger charge is 2.28. The van der Waals surface area contributed by atoms with Gasteiger partial charge in [-0.2, -0.15) is 0 Å². The van der Waals surface area contributed by atoms with Crippen molar-refractivity contribution in [1.82, 2.24) is 10.2 Å². The van der Waals surface area contributed by atoms with Gasteiger partial charge in [0.05, 0.1) is 11.7 Å². The van der Waals surface area contributed by atoms with Crippen LogP contribution in [0.25, 0.3) is 0 Å². The molecule has 0 spiro atoms. The summed E-state index contributed by atoms with van der Waals surface area (Å²) < 4.78 is 13.7. The van der Waals surface area contributed by atoms with Crippen molar-refractivity contribution in [2.24, 2.45) is 0 Å². The van der Waals surface area contributed by atoms with Crippen LogP contribution >= 0.6 is 0 Å². The van der Waals surface area contributed by atoms with Crippen LogP contribution in [0.3, 0.4) is 0 Å². The van der Waals surface area contributed by atoms with Gasteiger partial charge in [-0.1, -0.05) is 30.3 Å². The molecule has 1 aliphatic heterocycles. The maximum atomic E-state index is 13.7. The lowest BCUT2D eigenvalue weighted by molar-refractivity contribution is -0.121. The number of rotatable bonds is 5. The minimum Gasteiger partial charge on any atom is -0.349 e. The Labute approximate surface area is 164 Å². The van der Waals surface area contributed by atoms with E-state index < -0.39 is 5.82 Å². The topological polar surface area (TPSA) is 61.4 Å². The molecule has 5 nitrogen and oxygen atoms in total. The molecular formula is C22H26FN3O2. The maximum Gasteiger partial charge on any atom is 0.251 e. The zero-order valence-corrected chi connectivity index (χ0v) is 16.2. The van der Waals surface area contributed by atoms with Gasteiger partial charge in [0.25, 0.3) is 5.91 Å². The zero-order valence-electron chi connectivity index (χ0n) is 16.2. The second-order valence-electron chi connectivity index (χ2n) is 7.24. The molecule has 1 heterocycles. The molecule has 148 valence electrons. The summed E-state index contributed by atoms with van der Waals surface area (Å²) in [6.45, 7) is 5.14. The van der Waals surface area contributed by atoms with Gasteiger partial charge in [0.15, 0.2) is 0 Å². The molecule has 1 atom stereocenters. The summed E-state index contributed by atoms with van der Waals surface area (Å²) in [6.07, 6.45) is 1.55. The fourth-order valence-corrected chi connectivity index (χ4v) is 3.49. The highest BCUT2D eigenvalue weighted by Crippen LogP contribution is 2.17. The van der Waals surface area contributed by atoms with Crippen LogP contribution in [0.15, 0.2) is 48.5 Å². The van der Waals surface area contributed by atoms with Gasteiger partial charge >= 0.3 is 0 Å². The van der Waals surface area contributed by atoms with Crippen molar-refractivity contribution in [3.63, 3.8) is 0 Å². The Morgan fingerprint density at radius 1 is 1.07 bits per heavy atom. The summed E-state index contributed by atoms with van der Waals surface area (Å²) in [7, 11) is 0. The van der Waals surface area contributed by atoms with Gasteiger partial charge in [-0.05, 0) is 50.5 Å². The Morgan fingerprint density at radius 2 is 1.71 bits per heavy atom. The Kier molecular flexibility index (Phi) is 6.41. The number of nitrogens with zero attached hydrogens (tertiary/aromatic N) is 1. The van der Waals surface area contributed by atoms with E-state index in [9.17, 15) is 14.0 Å². The molecule has 1 unspecified atom stereocenters. The summed E-state index contributed by atoms with van der Waals surface area (Å²) >= 11 is 0. The molecular weight excluding hydrogens is 357 g/mol. The van der Waals surface area contributed by atoms with Crippen molar-refractivity contribution in [2.75, 3.05) is 18.4 Å². The lowest BCUT2D eigenvalue weighted by atomic mass is 10.0. The summed E-state index contributed by atoms with van der Waals surface area (Å²) in [5.41, 5.74) is 1.85. The number of halogens is 1. The van der Waals surface area contributed by atoms with E-state index in [0.717, 1.165) is 18.4 Å². The second-order valence-corrected chi connectivity index (χ2v) is 7.24. The van der Waals surface area contributed by atoms with Crippen LogP contribution in [0.1, 0.15) is 35.7 Å². The van der Waals surface area contributed by atoms with Crippen LogP contribution in [0.4, 0.5) is 10.1 Å². The van der Waals surface area contributed by atoms with Gasteiger partial charge in [0, 0.05) is 24.7 Å². The summed E-state index contributed by atoms with van der Waals surface area (Å²) in [5, 5.41) is 5.75. The number of hydrogen-bond donors (Lipinski definition) is 2. The van der Waals surface area contributed by atoms with Gasteiger partial charge in [-0.25, -0.2) is 4.39 Å². The molecule has 2 amide bonds. The fourth-order valence-electron chi connectivity index (χ4n) is 3.49. The van der Waals surface area contributed by atoms with Crippen LogP contribution in [0.5, 0.6) is 0 Å². The largest absolute Gasteiger partial charge is 0.349 e. The van der Waals surface area contributed by atoms with Crippen molar-refractivity contribution in [1.29, 1.82) is 0 Å². The van der Waals surface area contributed by atoms with Crippen molar-refractivity contribution in [3.05, 3.63) is 65.5 Å². The van der Waals surface area contributed by atoms with E-state index in [-0.39, 0.29) is 29.6 Å². The van der Waals surface area contributed by atoms with E-state index in [4.69, 9.17) is 0 Å². The van der Waals surface area contributed by atoms with Crippen molar-refractivity contribution in [3.8, 4) is 0 Å². The first-order valence-electron chi connectivity index (χ1n) is 9.61. The molecule has 2 aromatic carbocycles. The van der Waals surface area contributed by atoms with E-state index in [2.05, 4.69) is 15.5 Å². The number of piperidine rings is 1. The van der Waals surface area contributed by atoms with Crippen LogP contribution < -0.4 is 10.6 Å². The van der Waals surface area contributed by atoms with Gasteiger partial charge in [-0.3, -0.25) is 14.5 Å². The van der Waals surface area contributed by atoms with Crippen molar-refractivity contribution < 1.29 is 14.0 Å². The van der Waals surface area contributed by atoms with Gasteiger partial charge in [0.1, 0.15) is 5.82 Å². The summed E-state index contributed by atoms with van der Waals surface area (Å²) in [6, 6.07) is 13.4. The highest BCUT2D eigenvalue weighted by atomic mass is 19.1. The third-order valence-corrected chi connectivity index (χ3v) is 5.31. The number of carbonyl (C=O) groups is 2. The average molecular weight is 383 g/mol. The Morgan fingerprint density at radius 3 is 2.39 bits per heavy atom. The first-order valence-corrected chi connectivity index (χ1v) is 9.61. The molecule has 2 aromatic rings. The Balaban J connectivity index is 1.50. The number of hydrogen-bond acceptors (Lipinski definition) is 3. The lowest BCUT2D eigenvalue weighted by Gasteiger charge is -2.35. The molecule has 0 bridgehead atoms. The monoisotopic (exact) mass is 383 g/mol. The Hall–Kier alpha value is -2.73. The molecule has 1 fully saturated rings. The van der Waals surface area contributed by atoms with E-state index in [0.29, 0.717) is 18.7 Å². The fraction of sp³-hybridized carbons (Fsp3) is 0.364. The molecule has 0 aromatic heterocycles. The molecule has 1 aliphatic rings. The van der Waals surface area contributed by atoms with Crippen LogP contribution in [-0.2, 0) is 4.79 Å². The maximum absolute atomic E-state index is 13.7. The van der Waals surface area contributed by atoms with Gasteiger partial charge in [-0.15, -0.1) is 0 Å². The summed E-state index contributed by atoms with van der Waals surface area (Å²) in [5.74, 6) is -0.727. The van der Waals surface area contributed by atoms with Crippen molar-refractivity contribution >= 4 is 17.5 Å². The van der Waals surface area contributed by atoms with E-state index in [1.165, 1.54) is 6.07 Å². The van der Waals surface area contributed by atoms with Gasteiger partial charge < -0.3 is 10.6 Å². The van der Waals surface area contributed by atoms with E-state index >= 15 is 0 Å². The lowest BCUT2D eigenvalue weighted by Crippen LogP contribution is -2.50. The quantitative estimate of drug-likeness (QED) is 0.832. The molecule has 2 N–H and O–H groups in total. The first kappa shape index (κ1) is 20.0.